The van der Waals surface area contributed by atoms with Crippen molar-refractivity contribution in [1.82, 2.24) is 4.90 Å². The Morgan fingerprint density at radius 1 is 1.40 bits per heavy atom. The van der Waals surface area contributed by atoms with Crippen LogP contribution >= 0.6 is 0 Å². The van der Waals surface area contributed by atoms with Gasteiger partial charge in [0, 0.05) is 12.6 Å². The number of hydrogen-bond donors (Lipinski definition) is 0. The zero-order valence-corrected chi connectivity index (χ0v) is 9.07. The SMILES string of the molecule is CC(CC#N)N(C)Cc1ccc(F)cc1. The first kappa shape index (κ1) is 11.7. The Balaban J connectivity index is 2.55. The summed E-state index contributed by atoms with van der Waals surface area (Å²) in [6.07, 6.45) is 0.512. The number of nitrogens with zero attached hydrogens (tertiary/aromatic N) is 2. The maximum Gasteiger partial charge on any atom is 0.123 e. The van der Waals surface area contributed by atoms with Crippen LogP contribution in [0.2, 0.25) is 0 Å². The van der Waals surface area contributed by atoms with Crippen LogP contribution in [0.15, 0.2) is 24.3 Å². The standard InChI is InChI=1S/C12H15FN2/c1-10(7-8-14)15(2)9-11-3-5-12(13)6-4-11/h3-6,10H,7,9H2,1-2H3. The van der Waals surface area contributed by atoms with Crippen LogP contribution in [0.1, 0.15) is 18.9 Å². The minimum atomic E-state index is -0.216. The first-order chi connectivity index (χ1) is 7.13. The van der Waals surface area contributed by atoms with Crippen LogP contribution in [0.4, 0.5) is 4.39 Å². The molecule has 0 fully saturated rings. The van der Waals surface area contributed by atoms with Gasteiger partial charge in [0.1, 0.15) is 5.82 Å². The molecule has 1 rings (SSSR count). The van der Waals surface area contributed by atoms with Crippen molar-refractivity contribution in [1.29, 1.82) is 5.26 Å². The molecule has 1 atom stereocenters. The predicted molar refractivity (Wildman–Crippen MR) is 57.6 cm³/mol. The van der Waals surface area contributed by atoms with Gasteiger partial charge >= 0.3 is 0 Å². The summed E-state index contributed by atoms with van der Waals surface area (Å²) in [6.45, 7) is 2.75. The van der Waals surface area contributed by atoms with Gasteiger partial charge in [-0.3, -0.25) is 4.90 Å². The maximum absolute atomic E-state index is 12.6. The van der Waals surface area contributed by atoms with E-state index < -0.39 is 0 Å². The largest absolute Gasteiger partial charge is 0.298 e. The summed E-state index contributed by atoms with van der Waals surface area (Å²) in [5.74, 6) is -0.216. The Hall–Kier alpha value is -1.40. The minimum Gasteiger partial charge on any atom is -0.298 e. The molecule has 1 aromatic carbocycles. The van der Waals surface area contributed by atoms with Crippen molar-refractivity contribution >= 4 is 0 Å². The molecule has 3 heteroatoms. The topological polar surface area (TPSA) is 27.0 Å². The molecule has 0 heterocycles. The van der Waals surface area contributed by atoms with Gasteiger partial charge in [0.25, 0.3) is 0 Å². The van der Waals surface area contributed by atoms with E-state index in [0.29, 0.717) is 6.42 Å². The Morgan fingerprint density at radius 2 is 2.00 bits per heavy atom. The third-order valence-corrected chi connectivity index (χ3v) is 2.48. The molecular formula is C12H15FN2. The Morgan fingerprint density at radius 3 is 2.53 bits per heavy atom. The van der Waals surface area contributed by atoms with Crippen molar-refractivity contribution in [2.75, 3.05) is 7.05 Å². The molecular weight excluding hydrogens is 191 g/mol. The predicted octanol–water partition coefficient (Wildman–Crippen LogP) is 2.56. The zero-order chi connectivity index (χ0) is 11.3. The third-order valence-electron chi connectivity index (χ3n) is 2.48. The molecule has 0 radical (unpaired) electrons. The van der Waals surface area contributed by atoms with Gasteiger partial charge in [-0.15, -0.1) is 0 Å². The average molecular weight is 206 g/mol. The summed E-state index contributed by atoms with van der Waals surface area (Å²) < 4.78 is 12.6. The minimum absolute atomic E-state index is 0.216. The molecule has 0 bridgehead atoms. The summed E-state index contributed by atoms with van der Waals surface area (Å²) in [5, 5.41) is 8.56. The molecule has 0 saturated carbocycles. The van der Waals surface area contributed by atoms with E-state index in [4.69, 9.17) is 5.26 Å². The molecule has 1 unspecified atom stereocenters. The molecule has 15 heavy (non-hydrogen) atoms. The first-order valence-electron chi connectivity index (χ1n) is 4.95. The van der Waals surface area contributed by atoms with Gasteiger partial charge in [-0.25, -0.2) is 4.39 Å². The highest BCUT2D eigenvalue weighted by Gasteiger charge is 2.08. The van der Waals surface area contributed by atoms with Gasteiger partial charge in [0.05, 0.1) is 12.5 Å². The summed E-state index contributed by atoms with van der Waals surface area (Å²) >= 11 is 0. The fourth-order valence-electron chi connectivity index (χ4n) is 1.32. The van der Waals surface area contributed by atoms with Crippen molar-refractivity contribution < 1.29 is 4.39 Å². The van der Waals surface area contributed by atoms with E-state index in [1.54, 1.807) is 12.1 Å². The normalized spacial score (nSPS) is 12.5. The Labute approximate surface area is 89.9 Å². The van der Waals surface area contributed by atoms with E-state index in [1.807, 2.05) is 14.0 Å². The number of rotatable bonds is 4. The van der Waals surface area contributed by atoms with Gasteiger partial charge in [-0.05, 0) is 31.7 Å². The fourth-order valence-corrected chi connectivity index (χ4v) is 1.32. The van der Waals surface area contributed by atoms with E-state index in [1.165, 1.54) is 12.1 Å². The van der Waals surface area contributed by atoms with Gasteiger partial charge in [0.2, 0.25) is 0 Å². The summed E-state index contributed by atoms with van der Waals surface area (Å²) in [4.78, 5) is 2.08. The van der Waals surface area contributed by atoms with Crippen LogP contribution in [0.5, 0.6) is 0 Å². The molecule has 0 amide bonds. The molecule has 0 aliphatic rings. The van der Waals surface area contributed by atoms with Crippen LogP contribution in [0, 0.1) is 17.1 Å². The van der Waals surface area contributed by atoms with Gasteiger partial charge in [-0.1, -0.05) is 12.1 Å². The van der Waals surface area contributed by atoms with E-state index in [9.17, 15) is 4.39 Å². The second-order valence-corrected chi connectivity index (χ2v) is 3.75. The molecule has 1 aromatic rings. The molecule has 0 aromatic heterocycles. The molecule has 80 valence electrons. The molecule has 0 N–H and O–H groups in total. The van der Waals surface area contributed by atoms with Crippen LogP contribution in [-0.2, 0) is 6.54 Å². The van der Waals surface area contributed by atoms with E-state index >= 15 is 0 Å². The van der Waals surface area contributed by atoms with Crippen LogP contribution in [0.25, 0.3) is 0 Å². The van der Waals surface area contributed by atoms with Crippen molar-refractivity contribution in [2.45, 2.75) is 25.9 Å². The first-order valence-corrected chi connectivity index (χ1v) is 4.95. The molecule has 0 saturated heterocycles. The molecule has 2 nitrogen and oxygen atoms in total. The lowest BCUT2D eigenvalue weighted by Gasteiger charge is -2.22. The fraction of sp³-hybridized carbons (Fsp3) is 0.417. The Bertz CT molecular complexity index is 340. The van der Waals surface area contributed by atoms with Crippen molar-refractivity contribution in [2.24, 2.45) is 0 Å². The summed E-state index contributed by atoms with van der Waals surface area (Å²) in [5.41, 5.74) is 1.06. The monoisotopic (exact) mass is 206 g/mol. The number of hydrogen-bond acceptors (Lipinski definition) is 2. The van der Waals surface area contributed by atoms with Crippen molar-refractivity contribution in [3.05, 3.63) is 35.6 Å². The summed E-state index contributed by atoms with van der Waals surface area (Å²) in [7, 11) is 1.96. The lowest BCUT2D eigenvalue weighted by molar-refractivity contribution is 0.252. The Kier molecular flexibility index (Phi) is 4.26. The second kappa shape index (κ2) is 5.47. The molecule has 0 aliphatic heterocycles. The van der Waals surface area contributed by atoms with Crippen LogP contribution in [0.3, 0.4) is 0 Å². The van der Waals surface area contributed by atoms with Crippen LogP contribution < -0.4 is 0 Å². The van der Waals surface area contributed by atoms with Gasteiger partial charge < -0.3 is 0 Å². The smallest absolute Gasteiger partial charge is 0.123 e. The highest BCUT2D eigenvalue weighted by atomic mass is 19.1. The van der Waals surface area contributed by atoms with Gasteiger partial charge in [-0.2, -0.15) is 5.26 Å². The molecule has 0 aliphatic carbocycles. The van der Waals surface area contributed by atoms with Crippen molar-refractivity contribution in [3.63, 3.8) is 0 Å². The zero-order valence-electron chi connectivity index (χ0n) is 9.07. The lowest BCUT2D eigenvalue weighted by Crippen LogP contribution is -2.28. The average Bonchev–Trinajstić information content (AvgIpc) is 2.22. The lowest BCUT2D eigenvalue weighted by atomic mass is 10.1. The number of halogens is 1. The van der Waals surface area contributed by atoms with Crippen LogP contribution in [-0.4, -0.2) is 18.0 Å². The molecule has 0 spiro atoms. The third kappa shape index (κ3) is 3.69. The van der Waals surface area contributed by atoms with E-state index in [2.05, 4.69) is 11.0 Å². The van der Waals surface area contributed by atoms with Crippen molar-refractivity contribution in [3.8, 4) is 6.07 Å². The van der Waals surface area contributed by atoms with Gasteiger partial charge in [0.15, 0.2) is 0 Å². The quantitative estimate of drug-likeness (QED) is 0.757. The maximum atomic E-state index is 12.6. The summed E-state index contributed by atoms with van der Waals surface area (Å²) in [6, 6.07) is 8.81. The van der Waals surface area contributed by atoms with E-state index in [0.717, 1.165) is 12.1 Å². The number of nitriles is 1. The highest BCUT2D eigenvalue weighted by molar-refractivity contribution is 5.15. The number of benzene rings is 1. The van der Waals surface area contributed by atoms with E-state index in [-0.39, 0.29) is 11.9 Å². The second-order valence-electron chi connectivity index (χ2n) is 3.75. The highest BCUT2D eigenvalue weighted by Crippen LogP contribution is 2.09.